The molecular formula is C7H12O2S. The maximum absolute atomic E-state index is 10.3. The van der Waals surface area contributed by atoms with Gasteiger partial charge >= 0.3 is 0 Å². The lowest BCUT2D eigenvalue weighted by Crippen LogP contribution is -1.97. The zero-order valence-corrected chi connectivity index (χ0v) is 6.80. The van der Waals surface area contributed by atoms with Crippen LogP contribution in [0.5, 0.6) is 0 Å². The van der Waals surface area contributed by atoms with E-state index in [4.69, 9.17) is 4.55 Å². The quantitative estimate of drug-likeness (QED) is 0.501. The molecule has 1 aliphatic carbocycles. The van der Waals surface area contributed by atoms with Gasteiger partial charge < -0.3 is 4.55 Å². The normalized spacial score (nSPS) is 34.6. The molecule has 2 nitrogen and oxygen atoms in total. The Hall–Kier alpha value is -0.150. The van der Waals surface area contributed by atoms with E-state index in [1.807, 2.05) is 13.0 Å². The number of hydrogen-bond donors (Lipinski definition) is 1. The molecule has 0 amide bonds. The summed E-state index contributed by atoms with van der Waals surface area (Å²) in [5, 5.41) is 0. The van der Waals surface area contributed by atoms with Crippen LogP contribution < -0.4 is 0 Å². The minimum atomic E-state index is -1.59. The molecule has 1 N–H and O–H groups in total. The molecule has 0 spiro atoms. The molecule has 0 aromatic rings. The van der Waals surface area contributed by atoms with Crippen LogP contribution in [0, 0.1) is 11.8 Å². The van der Waals surface area contributed by atoms with Gasteiger partial charge in [-0.05, 0) is 25.2 Å². The van der Waals surface area contributed by atoms with Gasteiger partial charge in [-0.1, -0.05) is 12.2 Å². The second kappa shape index (κ2) is 3.30. The minimum absolute atomic E-state index is 0.453. The fourth-order valence-corrected chi connectivity index (χ4v) is 1.88. The van der Waals surface area contributed by atoms with E-state index in [2.05, 4.69) is 6.08 Å². The predicted molar refractivity (Wildman–Crippen MR) is 42.0 cm³/mol. The summed E-state index contributed by atoms with van der Waals surface area (Å²) in [6.45, 7) is 1.98. The first-order valence-electron chi connectivity index (χ1n) is 3.44. The van der Waals surface area contributed by atoms with Gasteiger partial charge in [-0.25, -0.2) is 4.21 Å². The Bertz CT molecular complexity index is 165. The van der Waals surface area contributed by atoms with E-state index in [0.29, 0.717) is 17.6 Å². The van der Waals surface area contributed by atoms with Crippen LogP contribution in [0.3, 0.4) is 0 Å². The van der Waals surface area contributed by atoms with Crippen molar-refractivity contribution in [3.05, 3.63) is 12.2 Å². The first-order chi connectivity index (χ1) is 4.74. The molecule has 3 atom stereocenters. The Morgan fingerprint density at radius 3 is 3.00 bits per heavy atom. The highest BCUT2D eigenvalue weighted by Crippen LogP contribution is 2.39. The van der Waals surface area contributed by atoms with Gasteiger partial charge in [0.15, 0.2) is 11.1 Å². The summed E-state index contributed by atoms with van der Waals surface area (Å²) in [5.74, 6) is 1.51. The molecule has 0 aromatic heterocycles. The molecule has 1 saturated carbocycles. The minimum Gasteiger partial charge on any atom is -0.306 e. The molecule has 0 bridgehead atoms. The molecule has 0 saturated heterocycles. The first kappa shape index (κ1) is 7.95. The summed E-state index contributed by atoms with van der Waals surface area (Å²) < 4.78 is 18.8. The summed E-state index contributed by atoms with van der Waals surface area (Å²) in [5.41, 5.74) is 0. The van der Waals surface area contributed by atoms with Gasteiger partial charge in [-0.3, -0.25) is 0 Å². The Kier molecular flexibility index (Phi) is 2.63. The Labute approximate surface area is 63.6 Å². The van der Waals surface area contributed by atoms with Crippen molar-refractivity contribution in [1.82, 2.24) is 0 Å². The van der Waals surface area contributed by atoms with Crippen LogP contribution >= 0.6 is 0 Å². The monoisotopic (exact) mass is 160 g/mol. The van der Waals surface area contributed by atoms with E-state index in [1.54, 1.807) is 0 Å². The Morgan fingerprint density at radius 1 is 1.80 bits per heavy atom. The van der Waals surface area contributed by atoms with Crippen LogP contribution in [0.2, 0.25) is 0 Å². The Balaban J connectivity index is 2.19. The maximum Gasteiger partial charge on any atom is 0.153 e. The van der Waals surface area contributed by atoms with Gasteiger partial charge in [0.2, 0.25) is 0 Å². The summed E-state index contributed by atoms with van der Waals surface area (Å²) >= 11 is -1.59. The maximum atomic E-state index is 10.3. The lowest BCUT2D eigenvalue weighted by Gasteiger charge is -1.88. The molecule has 3 unspecified atom stereocenters. The van der Waals surface area contributed by atoms with E-state index in [1.165, 1.54) is 0 Å². The zero-order chi connectivity index (χ0) is 7.56. The predicted octanol–water partition coefficient (Wildman–Crippen LogP) is 1.42. The van der Waals surface area contributed by atoms with Crippen LogP contribution in [0.4, 0.5) is 0 Å². The van der Waals surface area contributed by atoms with Crippen molar-refractivity contribution < 1.29 is 8.76 Å². The average molecular weight is 160 g/mol. The third-order valence-corrected chi connectivity index (χ3v) is 2.49. The lowest BCUT2D eigenvalue weighted by molar-refractivity contribution is 0.559. The smallest absolute Gasteiger partial charge is 0.153 e. The summed E-state index contributed by atoms with van der Waals surface area (Å²) in [6.07, 6.45) is 5.21. The van der Waals surface area contributed by atoms with Gasteiger partial charge in [-0.15, -0.1) is 0 Å². The van der Waals surface area contributed by atoms with E-state index in [0.717, 1.165) is 6.42 Å². The van der Waals surface area contributed by atoms with Gasteiger partial charge in [0.05, 0.1) is 5.75 Å². The zero-order valence-electron chi connectivity index (χ0n) is 5.99. The lowest BCUT2D eigenvalue weighted by atomic mass is 10.3. The van der Waals surface area contributed by atoms with E-state index in [9.17, 15) is 4.21 Å². The largest absolute Gasteiger partial charge is 0.306 e. The van der Waals surface area contributed by atoms with Crippen molar-refractivity contribution in [3.8, 4) is 0 Å². The summed E-state index contributed by atoms with van der Waals surface area (Å²) in [7, 11) is 0. The highest BCUT2D eigenvalue weighted by Gasteiger charge is 2.35. The topological polar surface area (TPSA) is 37.3 Å². The van der Waals surface area contributed by atoms with Crippen LogP contribution in [0.25, 0.3) is 0 Å². The molecule has 1 aliphatic rings. The standard InChI is InChI=1S/C7H12O2S/c1-2-3-6-4-7(6)5-10(8)9/h2-3,6-7H,4-5H2,1H3,(H,8,9). The van der Waals surface area contributed by atoms with Crippen LogP contribution in [-0.2, 0) is 11.1 Å². The van der Waals surface area contributed by atoms with Crippen molar-refractivity contribution in [2.45, 2.75) is 13.3 Å². The summed E-state index contributed by atoms with van der Waals surface area (Å²) in [4.78, 5) is 0. The van der Waals surface area contributed by atoms with Gasteiger partial charge in [-0.2, -0.15) is 0 Å². The summed E-state index contributed by atoms with van der Waals surface area (Å²) in [6, 6.07) is 0. The highest BCUT2D eigenvalue weighted by atomic mass is 32.2. The second-order valence-corrected chi connectivity index (χ2v) is 3.65. The molecule has 0 aromatic carbocycles. The SMILES string of the molecule is CC=CC1CC1CS(=O)O. The van der Waals surface area contributed by atoms with Crippen molar-refractivity contribution >= 4 is 11.1 Å². The molecule has 0 heterocycles. The molecule has 1 rings (SSSR count). The van der Waals surface area contributed by atoms with Crippen LogP contribution in [0.15, 0.2) is 12.2 Å². The van der Waals surface area contributed by atoms with Crippen LogP contribution in [-0.4, -0.2) is 14.5 Å². The van der Waals surface area contributed by atoms with Crippen molar-refractivity contribution in [2.75, 3.05) is 5.75 Å². The molecule has 0 radical (unpaired) electrons. The van der Waals surface area contributed by atoms with Gasteiger partial charge in [0.25, 0.3) is 0 Å². The van der Waals surface area contributed by atoms with E-state index >= 15 is 0 Å². The third kappa shape index (κ3) is 2.23. The molecule has 10 heavy (non-hydrogen) atoms. The Morgan fingerprint density at radius 2 is 2.50 bits per heavy atom. The van der Waals surface area contributed by atoms with Crippen LogP contribution in [0.1, 0.15) is 13.3 Å². The number of rotatable bonds is 3. The van der Waals surface area contributed by atoms with Crippen molar-refractivity contribution in [1.29, 1.82) is 0 Å². The molecule has 1 fully saturated rings. The first-order valence-corrected chi connectivity index (χ1v) is 4.72. The fraction of sp³-hybridized carbons (Fsp3) is 0.714. The number of allylic oxidation sites excluding steroid dienone is 2. The number of hydrogen-bond acceptors (Lipinski definition) is 1. The molecular weight excluding hydrogens is 148 g/mol. The van der Waals surface area contributed by atoms with E-state index < -0.39 is 11.1 Å². The van der Waals surface area contributed by atoms with Gasteiger partial charge in [0.1, 0.15) is 0 Å². The van der Waals surface area contributed by atoms with Crippen molar-refractivity contribution in [2.24, 2.45) is 11.8 Å². The molecule has 0 aliphatic heterocycles. The highest BCUT2D eigenvalue weighted by molar-refractivity contribution is 7.79. The average Bonchev–Trinajstić information content (AvgIpc) is 2.47. The fourth-order valence-electron chi connectivity index (χ4n) is 1.13. The third-order valence-electron chi connectivity index (χ3n) is 1.77. The molecule has 58 valence electrons. The van der Waals surface area contributed by atoms with Crippen molar-refractivity contribution in [3.63, 3.8) is 0 Å². The second-order valence-electron chi connectivity index (χ2n) is 2.67. The van der Waals surface area contributed by atoms with Gasteiger partial charge in [0, 0.05) is 0 Å². The van der Waals surface area contributed by atoms with E-state index in [-0.39, 0.29) is 0 Å². The molecule has 3 heteroatoms.